The fourth-order valence-corrected chi connectivity index (χ4v) is 5.33. The first-order valence-corrected chi connectivity index (χ1v) is 11.6. The molecule has 2 aromatic carbocycles. The minimum absolute atomic E-state index is 0.376. The number of methoxy groups -OCH3 is 1. The molecular formula is C26H25N3O3S. The molecule has 2 N–H and O–H groups in total. The van der Waals surface area contributed by atoms with Crippen LogP contribution in [0.25, 0.3) is 21.3 Å². The second-order valence-corrected chi connectivity index (χ2v) is 9.31. The van der Waals surface area contributed by atoms with Crippen molar-refractivity contribution >= 4 is 33.2 Å². The first-order chi connectivity index (χ1) is 16.0. The van der Waals surface area contributed by atoms with Gasteiger partial charge in [0.25, 0.3) is 0 Å². The van der Waals surface area contributed by atoms with Crippen LogP contribution in [0.5, 0.6) is 11.5 Å². The van der Waals surface area contributed by atoms with Gasteiger partial charge in [0.2, 0.25) is 0 Å². The van der Waals surface area contributed by atoms with Crippen molar-refractivity contribution in [3.05, 3.63) is 70.2 Å². The van der Waals surface area contributed by atoms with Crippen LogP contribution in [0.1, 0.15) is 26.5 Å². The molecule has 0 fully saturated rings. The molecule has 7 heteroatoms. The van der Waals surface area contributed by atoms with Crippen LogP contribution in [-0.2, 0) is 13.0 Å². The number of aryl methyl sites for hydroxylation is 1. The molecule has 2 aromatic heterocycles. The summed E-state index contributed by atoms with van der Waals surface area (Å²) < 4.78 is 11.2. The van der Waals surface area contributed by atoms with E-state index in [4.69, 9.17) is 20.2 Å². The number of aromatic nitrogens is 1. The van der Waals surface area contributed by atoms with E-state index in [0.717, 1.165) is 63.4 Å². The normalized spacial score (nSPS) is 13.7. The number of carbonyl (C=O) groups excluding carboxylic acids is 1. The Balaban J connectivity index is 1.70. The molecule has 0 spiro atoms. The van der Waals surface area contributed by atoms with Gasteiger partial charge in [-0.1, -0.05) is 30.3 Å². The Labute approximate surface area is 196 Å². The lowest BCUT2D eigenvalue weighted by Crippen LogP contribution is -2.27. The highest BCUT2D eigenvalue weighted by Crippen LogP contribution is 2.44. The summed E-state index contributed by atoms with van der Waals surface area (Å²) in [5.74, 6) is 0.834. The first kappa shape index (κ1) is 21.4. The predicted molar refractivity (Wildman–Crippen MR) is 132 cm³/mol. The van der Waals surface area contributed by atoms with Crippen LogP contribution in [0.3, 0.4) is 0 Å². The smallest absolute Gasteiger partial charge is 0.355 e. The quantitative estimate of drug-likeness (QED) is 0.339. The van der Waals surface area contributed by atoms with E-state index < -0.39 is 5.97 Å². The van der Waals surface area contributed by atoms with Crippen LogP contribution >= 0.6 is 11.3 Å². The second-order valence-electron chi connectivity index (χ2n) is 8.31. The molecule has 0 atom stereocenters. The highest BCUT2D eigenvalue weighted by Gasteiger charge is 2.28. The van der Waals surface area contributed by atoms with Gasteiger partial charge >= 0.3 is 5.97 Å². The lowest BCUT2D eigenvalue weighted by Gasteiger charge is -2.27. The Morgan fingerprint density at radius 1 is 1.18 bits per heavy atom. The molecular weight excluding hydrogens is 434 g/mol. The number of carbonyl (C=O) groups is 1. The van der Waals surface area contributed by atoms with Crippen LogP contribution in [0.15, 0.2) is 48.5 Å². The fraction of sp³-hybridized carbons (Fsp3) is 0.231. The zero-order chi connectivity index (χ0) is 23.1. The summed E-state index contributed by atoms with van der Waals surface area (Å²) in [5, 5.41) is 0.805. The summed E-state index contributed by atoms with van der Waals surface area (Å²) in [6, 6.07) is 15.4. The number of hydrogen-bond donors (Lipinski definition) is 1. The molecule has 0 unspecified atom stereocenters. The van der Waals surface area contributed by atoms with Crippen LogP contribution in [-0.4, -0.2) is 36.6 Å². The SMILES string of the molecule is COc1cccc(-c2c3c(nc4sc(C(=O)Oc5ccccc5C)c(N)c24)CCN(C)C3)c1. The largest absolute Gasteiger partial charge is 0.497 e. The van der Waals surface area contributed by atoms with E-state index >= 15 is 0 Å². The molecule has 3 heterocycles. The molecule has 168 valence electrons. The van der Waals surface area contributed by atoms with Crippen molar-refractivity contribution in [3.8, 4) is 22.6 Å². The number of hydrogen-bond acceptors (Lipinski definition) is 7. The second kappa shape index (κ2) is 8.50. The average molecular weight is 460 g/mol. The standard InChI is InChI=1S/C26H25N3O3S/c1-15-7-4-5-10-20(15)32-26(30)24-23(27)22-21(16-8-6-9-17(13-16)31-3)18-14-29(2)12-11-19(18)28-25(22)33-24/h4-10,13H,11-12,14,27H2,1-3H3. The number of benzene rings is 2. The van der Waals surface area contributed by atoms with Crippen LogP contribution in [0, 0.1) is 6.92 Å². The van der Waals surface area contributed by atoms with Gasteiger partial charge in [0.05, 0.1) is 12.8 Å². The van der Waals surface area contributed by atoms with Gasteiger partial charge in [0.15, 0.2) is 0 Å². The van der Waals surface area contributed by atoms with Gasteiger partial charge in [-0.2, -0.15) is 0 Å². The van der Waals surface area contributed by atoms with Crippen LogP contribution in [0.2, 0.25) is 0 Å². The van der Waals surface area contributed by atoms with E-state index in [2.05, 4.69) is 18.0 Å². The number of pyridine rings is 1. The number of nitrogens with two attached hydrogens (primary N) is 1. The topological polar surface area (TPSA) is 77.7 Å². The Morgan fingerprint density at radius 2 is 2.00 bits per heavy atom. The number of nitrogens with zero attached hydrogens (tertiary/aromatic N) is 2. The number of nitrogen functional groups attached to an aromatic ring is 1. The molecule has 0 saturated heterocycles. The molecule has 0 radical (unpaired) electrons. The van der Waals surface area contributed by atoms with E-state index in [-0.39, 0.29) is 0 Å². The van der Waals surface area contributed by atoms with Gasteiger partial charge in [-0.25, -0.2) is 9.78 Å². The molecule has 6 nitrogen and oxygen atoms in total. The summed E-state index contributed by atoms with van der Waals surface area (Å²) in [6.45, 7) is 3.61. The monoisotopic (exact) mass is 459 g/mol. The summed E-state index contributed by atoms with van der Waals surface area (Å²) in [5.41, 5.74) is 12.1. The van der Waals surface area contributed by atoms with Crippen molar-refractivity contribution in [2.24, 2.45) is 0 Å². The summed E-state index contributed by atoms with van der Waals surface area (Å²) >= 11 is 1.29. The Morgan fingerprint density at radius 3 is 2.79 bits per heavy atom. The van der Waals surface area contributed by atoms with Gasteiger partial charge < -0.3 is 20.1 Å². The summed E-state index contributed by atoms with van der Waals surface area (Å²) in [6.07, 6.45) is 0.847. The van der Waals surface area contributed by atoms with Gasteiger partial charge in [-0.05, 0) is 48.9 Å². The molecule has 0 bridgehead atoms. The Kier molecular flexibility index (Phi) is 5.52. The minimum Gasteiger partial charge on any atom is -0.497 e. The van der Waals surface area contributed by atoms with Gasteiger partial charge in [-0.15, -0.1) is 11.3 Å². The van der Waals surface area contributed by atoms with Crippen molar-refractivity contribution in [1.82, 2.24) is 9.88 Å². The van der Waals surface area contributed by atoms with E-state index in [0.29, 0.717) is 16.3 Å². The van der Waals surface area contributed by atoms with Crippen LogP contribution < -0.4 is 15.2 Å². The lowest BCUT2D eigenvalue weighted by molar-refractivity contribution is 0.0739. The van der Waals surface area contributed by atoms with Gasteiger partial charge in [0.1, 0.15) is 21.2 Å². The molecule has 0 saturated carbocycles. The van der Waals surface area contributed by atoms with Crippen molar-refractivity contribution in [1.29, 1.82) is 0 Å². The third-order valence-corrected chi connectivity index (χ3v) is 7.14. The minimum atomic E-state index is -0.462. The highest BCUT2D eigenvalue weighted by atomic mass is 32.1. The molecule has 5 rings (SSSR count). The van der Waals surface area contributed by atoms with E-state index in [9.17, 15) is 4.79 Å². The molecule has 1 aliphatic rings. The van der Waals surface area contributed by atoms with Crippen LogP contribution in [0.4, 0.5) is 5.69 Å². The maximum absolute atomic E-state index is 13.1. The summed E-state index contributed by atoms with van der Waals surface area (Å²) in [4.78, 5) is 21.5. The number of esters is 1. The summed E-state index contributed by atoms with van der Waals surface area (Å²) in [7, 11) is 3.76. The van der Waals surface area contributed by atoms with E-state index in [1.165, 1.54) is 11.3 Å². The number of likely N-dealkylation sites (N-methyl/N-ethyl adjacent to an activating group) is 1. The fourth-order valence-electron chi connectivity index (χ4n) is 4.33. The molecule has 0 aliphatic carbocycles. The third kappa shape index (κ3) is 3.83. The molecule has 0 amide bonds. The number of anilines is 1. The van der Waals surface area contributed by atoms with Gasteiger partial charge in [0, 0.05) is 36.2 Å². The Hall–Kier alpha value is -3.42. The number of ether oxygens (including phenoxy) is 2. The zero-order valence-corrected chi connectivity index (χ0v) is 19.7. The first-order valence-electron chi connectivity index (χ1n) is 10.8. The molecule has 33 heavy (non-hydrogen) atoms. The third-order valence-electron chi connectivity index (χ3n) is 6.06. The number of fused-ring (bicyclic) bond motifs is 2. The molecule has 4 aromatic rings. The number of thiophene rings is 1. The maximum Gasteiger partial charge on any atom is 0.355 e. The predicted octanol–water partition coefficient (Wildman–Crippen LogP) is 5.07. The highest BCUT2D eigenvalue weighted by molar-refractivity contribution is 7.21. The van der Waals surface area contributed by atoms with Crippen molar-refractivity contribution in [2.45, 2.75) is 19.9 Å². The molecule has 1 aliphatic heterocycles. The lowest BCUT2D eigenvalue weighted by atomic mass is 9.92. The van der Waals surface area contributed by atoms with E-state index in [1.54, 1.807) is 13.2 Å². The number of rotatable bonds is 4. The van der Waals surface area contributed by atoms with Crippen molar-refractivity contribution < 1.29 is 14.3 Å². The maximum atomic E-state index is 13.1. The Bertz CT molecular complexity index is 1380. The average Bonchev–Trinajstić information content (AvgIpc) is 3.15. The number of para-hydroxylation sites is 1. The van der Waals surface area contributed by atoms with Crippen molar-refractivity contribution in [2.75, 3.05) is 26.4 Å². The van der Waals surface area contributed by atoms with E-state index in [1.807, 2.05) is 43.3 Å². The zero-order valence-electron chi connectivity index (χ0n) is 18.8. The van der Waals surface area contributed by atoms with Gasteiger partial charge in [-0.3, -0.25) is 0 Å². The van der Waals surface area contributed by atoms with Crippen molar-refractivity contribution in [3.63, 3.8) is 0 Å².